The molecule has 0 atom stereocenters. The van der Waals surface area contributed by atoms with E-state index < -0.39 is 10.8 Å². The summed E-state index contributed by atoms with van der Waals surface area (Å²) in [5, 5.41) is 14.1. The van der Waals surface area contributed by atoms with Gasteiger partial charge < -0.3 is 0 Å². The highest BCUT2D eigenvalue weighted by molar-refractivity contribution is 7.22. The van der Waals surface area contributed by atoms with Gasteiger partial charge in [-0.3, -0.25) is 20.2 Å². The summed E-state index contributed by atoms with van der Waals surface area (Å²) in [6.45, 7) is 3.97. The van der Waals surface area contributed by atoms with E-state index in [1.165, 1.54) is 29.5 Å². The molecule has 1 N–H and O–H groups in total. The zero-order chi connectivity index (χ0) is 16.6. The van der Waals surface area contributed by atoms with Crippen molar-refractivity contribution in [2.75, 3.05) is 5.32 Å². The number of hydrogen-bond acceptors (Lipinski definition) is 5. The number of nitrogens with zero attached hydrogens (tertiary/aromatic N) is 2. The fourth-order valence-electron chi connectivity index (χ4n) is 2.42. The summed E-state index contributed by atoms with van der Waals surface area (Å²) in [6.07, 6.45) is 0. The number of carbonyl (C=O) groups is 1. The molecule has 1 heterocycles. The molecule has 3 aromatic rings. The number of fused-ring (bicyclic) bond motifs is 1. The number of nitro groups is 1. The summed E-state index contributed by atoms with van der Waals surface area (Å²) in [5.74, 6) is -0.536. The van der Waals surface area contributed by atoms with Gasteiger partial charge >= 0.3 is 0 Å². The predicted octanol–water partition coefficient (Wildman–Crippen LogP) is 4.07. The second-order valence-corrected chi connectivity index (χ2v) is 6.18. The fourth-order valence-corrected chi connectivity index (χ4v) is 3.33. The van der Waals surface area contributed by atoms with Crippen LogP contribution in [0.3, 0.4) is 0 Å². The quantitative estimate of drug-likeness (QED) is 0.580. The van der Waals surface area contributed by atoms with Crippen molar-refractivity contribution in [3.05, 3.63) is 63.2 Å². The van der Waals surface area contributed by atoms with Crippen LogP contribution in [0.5, 0.6) is 0 Å². The summed E-state index contributed by atoms with van der Waals surface area (Å²) in [5.41, 5.74) is 2.79. The van der Waals surface area contributed by atoms with Gasteiger partial charge in [0, 0.05) is 6.07 Å². The minimum absolute atomic E-state index is 0.0182. The number of para-hydroxylation sites is 1. The summed E-state index contributed by atoms with van der Waals surface area (Å²) < 4.78 is 0.994. The number of benzene rings is 2. The second kappa shape index (κ2) is 5.77. The molecule has 0 unspecified atom stereocenters. The Hall–Kier alpha value is -2.80. The maximum Gasteiger partial charge on any atom is 0.282 e. The molecule has 0 aliphatic heterocycles. The molecular weight excluding hydrogens is 314 g/mol. The number of amides is 1. The van der Waals surface area contributed by atoms with Crippen LogP contribution in [0.4, 0.5) is 10.8 Å². The van der Waals surface area contributed by atoms with Crippen LogP contribution in [-0.2, 0) is 0 Å². The Labute approximate surface area is 135 Å². The van der Waals surface area contributed by atoms with E-state index in [1.54, 1.807) is 6.07 Å². The van der Waals surface area contributed by atoms with Crippen molar-refractivity contribution in [1.29, 1.82) is 0 Å². The molecule has 3 rings (SSSR count). The molecule has 0 aliphatic carbocycles. The smallest absolute Gasteiger partial charge is 0.282 e. The van der Waals surface area contributed by atoms with Crippen LogP contribution >= 0.6 is 11.3 Å². The van der Waals surface area contributed by atoms with Crippen LogP contribution < -0.4 is 5.32 Å². The van der Waals surface area contributed by atoms with Gasteiger partial charge in [0.15, 0.2) is 5.13 Å². The van der Waals surface area contributed by atoms with Gasteiger partial charge in [-0.05, 0) is 37.1 Å². The molecule has 0 spiro atoms. The van der Waals surface area contributed by atoms with E-state index in [4.69, 9.17) is 0 Å². The number of rotatable bonds is 3. The third kappa shape index (κ3) is 2.91. The lowest BCUT2D eigenvalue weighted by Crippen LogP contribution is -2.13. The van der Waals surface area contributed by atoms with Gasteiger partial charge in [-0.15, -0.1) is 0 Å². The number of carbonyl (C=O) groups excluding carboxylic acids is 1. The highest BCUT2D eigenvalue weighted by Crippen LogP contribution is 2.30. The monoisotopic (exact) mass is 327 g/mol. The Morgan fingerprint density at radius 2 is 2.00 bits per heavy atom. The minimum Gasteiger partial charge on any atom is -0.298 e. The van der Waals surface area contributed by atoms with E-state index in [1.807, 2.05) is 26.0 Å². The van der Waals surface area contributed by atoms with Crippen LogP contribution in [0.1, 0.15) is 21.5 Å². The highest BCUT2D eigenvalue weighted by Gasteiger charge is 2.20. The molecule has 1 amide bonds. The first kappa shape index (κ1) is 15.1. The van der Waals surface area contributed by atoms with Crippen molar-refractivity contribution in [3.63, 3.8) is 0 Å². The number of hydrogen-bond donors (Lipinski definition) is 1. The first-order valence-electron chi connectivity index (χ1n) is 6.88. The van der Waals surface area contributed by atoms with Gasteiger partial charge in [-0.25, -0.2) is 4.98 Å². The van der Waals surface area contributed by atoms with Crippen molar-refractivity contribution in [2.45, 2.75) is 13.8 Å². The molecule has 2 aromatic carbocycles. The molecular formula is C16H13N3O3S. The molecule has 23 heavy (non-hydrogen) atoms. The lowest BCUT2D eigenvalue weighted by atomic mass is 10.1. The largest absolute Gasteiger partial charge is 0.298 e. The van der Waals surface area contributed by atoms with Crippen molar-refractivity contribution in [3.8, 4) is 0 Å². The standard InChI is InChI=1S/C16H13N3O3S/c1-9-7-10(2)14-12(8-9)17-16(23-14)18-15(20)11-5-3-4-6-13(11)19(21)22/h3-8H,1-2H3,(H,17,18,20). The number of anilines is 1. The Balaban J connectivity index is 1.95. The number of aromatic nitrogens is 1. The molecule has 0 saturated carbocycles. The molecule has 0 aliphatic rings. The van der Waals surface area contributed by atoms with Crippen LogP contribution in [-0.4, -0.2) is 15.8 Å². The first-order valence-corrected chi connectivity index (χ1v) is 7.70. The average Bonchev–Trinajstić information content (AvgIpc) is 2.89. The SMILES string of the molecule is Cc1cc(C)c2sc(NC(=O)c3ccccc3[N+](=O)[O-])nc2c1. The van der Waals surface area contributed by atoms with Gasteiger partial charge in [0.2, 0.25) is 0 Å². The van der Waals surface area contributed by atoms with Gasteiger partial charge in [0.25, 0.3) is 11.6 Å². The average molecular weight is 327 g/mol. The summed E-state index contributed by atoms with van der Waals surface area (Å²) in [4.78, 5) is 27.2. The lowest BCUT2D eigenvalue weighted by Gasteiger charge is -2.02. The van der Waals surface area contributed by atoms with E-state index in [9.17, 15) is 14.9 Å². The molecule has 116 valence electrons. The third-order valence-corrected chi connectivity index (χ3v) is 4.51. The van der Waals surface area contributed by atoms with Crippen LogP contribution in [0, 0.1) is 24.0 Å². The van der Waals surface area contributed by atoms with Gasteiger partial charge in [-0.1, -0.05) is 29.5 Å². The Bertz CT molecular complexity index is 933. The molecule has 0 saturated heterocycles. The molecule has 6 nitrogen and oxygen atoms in total. The van der Waals surface area contributed by atoms with Gasteiger partial charge in [0.1, 0.15) is 5.56 Å². The van der Waals surface area contributed by atoms with Gasteiger partial charge in [-0.2, -0.15) is 0 Å². The van der Waals surface area contributed by atoms with E-state index in [2.05, 4.69) is 10.3 Å². The Morgan fingerprint density at radius 1 is 1.26 bits per heavy atom. The van der Waals surface area contributed by atoms with Crippen molar-refractivity contribution < 1.29 is 9.72 Å². The Morgan fingerprint density at radius 3 is 2.74 bits per heavy atom. The van der Waals surface area contributed by atoms with Crippen molar-refractivity contribution in [2.24, 2.45) is 0 Å². The normalized spacial score (nSPS) is 10.7. The van der Waals surface area contributed by atoms with Crippen LogP contribution in [0.25, 0.3) is 10.2 Å². The first-order chi connectivity index (χ1) is 11.0. The van der Waals surface area contributed by atoms with E-state index in [0.29, 0.717) is 5.13 Å². The lowest BCUT2D eigenvalue weighted by molar-refractivity contribution is -0.385. The highest BCUT2D eigenvalue weighted by atomic mass is 32.1. The van der Waals surface area contributed by atoms with Crippen molar-refractivity contribution in [1.82, 2.24) is 4.98 Å². The van der Waals surface area contributed by atoms with E-state index >= 15 is 0 Å². The van der Waals surface area contributed by atoms with E-state index in [0.717, 1.165) is 21.3 Å². The molecule has 0 radical (unpaired) electrons. The number of nitrogens with one attached hydrogen (secondary N) is 1. The van der Waals surface area contributed by atoms with E-state index in [-0.39, 0.29) is 11.3 Å². The molecule has 7 heteroatoms. The van der Waals surface area contributed by atoms with Gasteiger partial charge in [0.05, 0.1) is 15.1 Å². The minimum atomic E-state index is -0.569. The number of thiazole rings is 1. The third-order valence-electron chi connectivity index (χ3n) is 3.39. The maximum atomic E-state index is 12.3. The summed E-state index contributed by atoms with van der Waals surface area (Å²) in [6, 6.07) is 9.84. The van der Waals surface area contributed by atoms with Crippen molar-refractivity contribution >= 4 is 38.3 Å². The molecule has 1 aromatic heterocycles. The maximum absolute atomic E-state index is 12.3. The summed E-state index contributed by atoms with van der Waals surface area (Å²) in [7, 11) is 0. The summed E-state index contributed by atoms with van der Waals surface area (Å²) >= 11 is 1.36. The fraction of sp³-hybridized carbons (Fsp3) is 0.125. The number of aryl methyl sites for hydroxylation is 2. The zero-order valence-electron chi connectivity index (χ0n) is 12.5. The van der Waals surface area contributed by atoms with Crippen LogP contribution in [0.2, 0.25) is 0 Å². The molecule has 0 fully saturated rings. The number of nitro benzene ring substituents is 1. The predicted molar refractivity (Wildman–Crippen MR) is 90.1 cm³/mol. The topological polar surface area (TPSA) is 85.1 Å². The Kier molecular flexibility index (Phi) is 3.79. The second-order valence-electron chi connectivity index (χ2n) is 5.18. The van der Waals surface area contributed by atoms with Crippen LogP contribution in [0.15, 0.2) is 36.4 Å². The zero-order valence-corrected chi connectivity index (χ0v) is 13.3. The molecule has 0 bridgehead atoms.